The van der Waals surface area contributed by atoms with E-state index in [0.29, 0.717) is 17.0 Å². The van der Waals surface area contributed by atoms with E-state index in [4.69, 9.17) is 0 Å². The fourth-order valence-corrected chi connectivity index (χ4v) is 3.31. The Bertz CT molecular complexity index is 1140. The van der Waals surface area contributed by atoms with Crippen molar-refractivity contribution in [2.45, 2.75) is 31.2 Å². The molecule has 0 aliphatic carbocycles. The largest absolute Gasteiger partial charge is 0.346 e. The number of carbonyl (C=O) groups is 2. The van der Waals surface area contributed by atoms with E-state index in [1.807, 2.05) is 19.9 Å². The Balaban J connectivity index is 1.56. The number of nitrogens with zero attached hydrogens (tertiary/aromatic N) is 4. The Hall–Kier alpha value is -3.15. The van der Waals surface area contributed by atoms with E-state index >= 15 is 0 Å². The van der Waals surface area contributed by atoms with Crippen LogP contribution >= 0.6 is 11.8 Å². The van der Waals surface area contributed by atoms with E-state index in [1.165, 1.54) is 0 Å². The Morgan fingerprint density at radius 2 is 1.90 bits per heavy atom. The van der Waals surface area contributed by atoms with Gasteiger partial charge in [0.15, 0.2) is 17.5 Å². The number of amides is 2. The van der Waals surface area contributed by atoms with Crippen molar-refractivity contribution < 1.29 is 22.8 Å². The van der Waals surface area contributed by atoms with Crippen molar-refractivity contribution >= 4 is 35.0 Å². The van der Waals surface area contributed by atoms with Crippen molar-refractivity contribution in [2.24, 2.45) is 0 Å². The first kappa shape index (κ1) is 21.6. The molecule has 0 aliphatic heterocycles. The summed E-state index contributed by atoms with van der Waals surface area (Å²) in [7, 11) is 0. The molecule has 158 valence electrons. The number of thioether (sulfide) groups is 1. The zero-order valence-electron chi connectivity index (χ0n) is 16.2. The lowest BCUT2D eigenvalue weighted by atomic mass is 10.2. The van der Waals surface area contributed by atoms with E-state index in [0.717, 1.165) is 29.2 Å². The SMILES string of the molecule is Cc1cc(C)n2nc(S[C@@H](C)C(=O)NCC(=O)Nc3ccc(F)c(F)c3F)nc2n1. The Labute approximate surface area is 173 Å². The lowest BCUT2D eigenvalue weighted by molar-refractivity contribution is -0.123. The second-order valence-corrected chi connectivity index (χ2v) is 7.70. The minimum Gasteiger partial charge on any atom is -0.346 e. The van der Waals surface area contributed by atoms with Gasteiger partial charge in [-0.15, -0.1) is 5.10 Å². The van der Waals surface area contributed by atoms with Crippen LogP contribution < -0.4 is 10.6 Å². The molecule has 2 amide bonds. The van der Waals surface area contributed by atoms with Crippen molar-refractivity contribution in [2.75, 3.05) is 11.9 Å². The zero-order valence-corrected chi connectivity index (χ0v) is 17.0. The third kappa shape index (κ3) is 4.70. The number of carbonyl (C=O) groups excluding carboxylic acids is 2. The quantitative estimate of drug-likeness (QED) is 0.453. The monoisotopic (exact) mass is 438 g/mol. The lowest BCUT2D eigenvalue weighted by Gasteiger charge is -2.11. The molecule has 2 aromatic heterocycles. The number of aromatic nitrogens is 4. The number of nitrogens with one attached hydrogen (secondary N) is 2. The van der Waals surface area contributed by atoms with Crippen molar-refractivity contribution in [3.05, 3.63) is 47.0 Å². The molecule has 0 aliphatic rings. The summed E-state index contributed by atoms with van der Waals surface area (Å²) in [6, 6.07) is 3.42. The molecule has 8 nitrogen and oxygen atoms in total. The normalized spacial score (nSPS) is 12.1. The van der Waals surface area contributed by atoms with Crippen LogP contribution in [0.25, 0.3) is 5.78 Å². The van der Waals surface area contributed by atoms with Crippen LogP contribution in [0.2, 0.25) is 0 Å². The molecule has 0 saturated heterocycles. The van der Waals surface area contributed by atoms with E-state index in [1.54, 1.807) is 11.4 Å². The van der Waals surface area contributed by atoms with Crippen molar-refractivity contribution in [1.29, 1.82) is 0 Å². The highest BCUT2D eigenvalue weighted by Gasteiger charge is 2.20. The predicted octanol–water partition coefficient (Wildman–Crippen LogP) is 2.39. The van der Waals surface area contributed by atoms with Gasteiger partial charge in [0, 0.05) is 11.4 Å². The van der Waals surface area contributed by atoms with Crippen LogP contribution in [0.3, 0.4) is 0 Å². The highest BCUT2D eigenvalue weighted by molar-refractivity contribution is 8.00. The molecular formula is C18H17F3N6O2S. The van der Waals surface area contributed by atoms with Gasteiger partial charge in [0.1, 0.15) is 0 Å². The highest BCUT2D eigenvalue weighted by Crippen LogP contribution is 2.21. The summed E-state index contributed by atoms with van der Waals surface area (Å²) < 4.78 is 41.3. The number of hydrogen-bond acceptors (Lipinski definition) is 6. The van der Waals surface area contributed by atoms with Crippen LogP contribution in [0.15, 0.2) is 23.4 Å². The topological polar surface area (TPSA) is 101 Å². The first-order valence-corrected chi connectivity index (χ1v) is 9.62. The fraction of sp³-hybridized carbons (Fsp3) is 0.278. The maximum Gasteiger partial charge on any atom is 0.253 e. The molecule has 30 heavy (non-hydrogen) atoms. The van der Waals surface area contributed by atoms with Crippen LogP contribution in [-0.2, 0) is 9.59 Å². The summed E-state index contributed by atoms with van der Waals surface area (Å²) in [5, 5.41) is 8.44. The summed E-state index contributed by atoms with van der Waals surface area (Å²) in [5.74, 6) is -5.45. The third-order valence-corrected chi connectivity index (χ3v) is 4.93. The molecule has 12 heteroatoms. The van der Waals surface area contributed by atoms with E-state index < -0.39 is 46.7 Å². The maximum atomic E-state index is 13.6. The summed E-state index contributed by atoms with van der Waals surface area (Å²) in [6.45, 7) is 4.81. The van der Waals surface area contributed by atoms with Gasteiger partial charge in [0.05, 0.1) is 17.5 Å². The number of fused-ring (bicyclic) bond motifs is 1. The molecule has 2 N–H and O–H groups in total. The van der Waals surface area contributed by atoms with Crippen LogP contribution in [-0.4, -0.2) is 43.2 Å². The second kappa shape index (κ2) is 8.69. The Kier molecular flexibility index (Phi) is 6.25. The van der Waals surface area contributed by atoms with Crippen molar-refractivity contribution in [3.63, 3.8) is 0 Å². The minimum atomic E-state index is -1.69. The molecule has 1 aromatic carbocycles. The average molecular weight is 438 g/mol. The number of halogens is 3. The molecule has 3 rings (SSSR count). The fourth-order valence-electron chi connectivity index (χ4n) is 2.54. The highest BCUT2D eigenvalue weighted by atomic mass is 32.2. The minimum absolute atomic E-state index is 0.340. The van der Waals surface area contributed by atoms with Gasteiger partial charge in [0.2, 0.25) is 17.0 Å². The van der Waals surface area contributed by atoms with Gasteiger partial charge in [-0.25, -0.2) is 22.7 Å². The number of rotatable bonds is 6. The van der Waals surface area contributed by atoms with Crippen LogP contribution in [0, 0.1) is 31.3 Å². The first-order chi connectivity index (χ1) is 14.2. The molecular weight excluding hydrogens is 421 g/mol. The summed E-state index contributed by atoms with van der Waals surface area (Å²) in [5.41, 5.74) is 1.11. The van der Waals surface area contributed by atoms with Crippen molar-refractivity contribution in [1.82, 2.24) is 24.9 Å². The Morgan fingerprint density at radius 1 is 1.17 bits per heavy atom. The van der Waals surface area contributed by atoms with Gasteiger partial charge >= 0.3 is 0 Å². The summed E-state index contributed by atoms with van der Waals surface area (Å²) >= 11 is 1.08. The van der Waals surface area contributed by atoms with E-state index in [2.05, 4.69) is 25.7 Å². The van der Waals surface area contributed by atoms with Gasteiger partial charge in [0.25, 0.3) is 5.78 Å². The summed E-state index contributed by atoms with van der Waals surface area (Å²) in [6.07, 6.45) is 0. The number of hydrogen-bond donors (Lipinski definition) is 2. The molecule has 0 unspecified atom stereocenters. The molecule has 0 spiro atoms. The molecule has 0 radical (unpaired) electrons. The van der Waals surface area contributed by atoms with Gasteiger partial charge in [-0.2, -0.15) is 4.98 Å². The molecule has 2 heterocycles. The average Bonchev–Trinajstić information content (AvgIpc) is 3.09. The Morgan fingerprint density at radius 3 is 2.63 bits per heavy atom. The number of aryl methyl sites for hydroxylation is 2. The maximum absolute atomic E-state index is 13.6. The van der Waals surface area contributed by atoms with E-state index in [-0.39, 0.29) is 0 Å². The van der Waals surface area contributed by atoms with Gasteiger partial charge in [-0.05, 0) is 39.0 Å². The van der Waals surface area contributed by atoms with Gasteiger partial charge < -0.3 is 10.6 Å². The predicted molar refractivity (Wildman–Crippen MR) is 104 cm³/mol. The van der Waals surface area contributed by atoms with Crippen LogP contribution in [0.4, 0.5) is 18.9 Å². The third-order valence-electron chi connectivity index (χ3n) is 3.98. The number of benzene rings is 1. The summed E-state index contributed by atoms with van der Waals surface area (Å²) in [4.78, 5) is 32.7. The van der Waals surface area contributed by atoms with Gasteiger partial charge in [-0.1, -0.05) is 11.8 Å². The van der Waals surface area contributed by atoms with Crippen LogP contribution in [0.5, 0.6) is 0 Å². The number of anilines is 1. The molecule has 0 saturated carbocycles. The first-order valence-electron chi connectivity index (χ1n) is 8.74. The molecule has 0 bridgehead atoms. The molecule has 3 aromatic rings. The smallest absolute Gasteiger partial charge is 0.253 e. The van der Waals surface area contributed by atoms with Crippen molar-refractivity contribution in [3.8, 4) is 0 Å². The van der Waals surface area contributed by atoms with E-state index in [9.17, 15) is 22.8 Å². The van der Waals surface area contributed by atoms with Gasteiger partial charge in [-0.3, -0.25) is 9.59 Å². The zero-order chi connectivity index (χ0) is 22.0. The molecule has 0 fully saturated rings. The standard InChI is InChI=1S/C18H17F3N6O2S/c1-8-6-9(2)27-17(23-8)25-18(26-27)30-10(3)16(29)22-7-13(28)24-12-5-4-11(19)14(20)15(12)21/h4-6,10H,7H2,1-3H3,(H,22,29)(H,24,28)/t10-/m0/s1. The lowest BCUT2D eigenvalue weighted by Crippen LogP contribution is -2.37. The molecule has 1 atom stereocenters. The second-order valence-electron chi connectivity index (χ2n) is 6.39. The van der Waals surface area contributed by atoms with Crippen LogP contribution in [0.1, 0.15) is 18.3 Å².